The Morgan fingerprint density at radius 2 is 1.09 bits per heavy atom. The second-order valence-electron chi connectivity index (χ2n) is 16.2. The van der Waals surface area contributed by atoms with E-state index in [1.165, 1.54) is 12.8 Å². The molecule has 2 aliphatic rings. The molecular formula is C45H79N3O9S. The number of carbonyl (C=O) groups is 6. The Bertz CT molecular complexity index is 1170. The van der Waals surface area contributed by atoms with E-state index in [-0.39, 0.29) is 35.6 Å². The lowest BCUT2D eigenvalue weighted by Crippen LogP contribution is -2.41. The largest absolute Gasteiger partial charge is 0.379 e. The molecule has 0 bridgehead atoms. The Kier molecular flexibility index (Phi) is 30.7. The number of amides is 3. The summed E-state index contributed by atoms with van der Waals surface area (Å²) >= 11 is 1.92. The molecule has 2 fully saturated rings. The summed E-state index contributed by atoms with van der Waals surface area (Å²) in [5.41, 5.74) is 0. The van der Waals surface area contributed by atoms with Crippen LogP contribution in [0.3, 0.4) is 0 Å². The number of Topliss-reactive ketones (excluding diaryl/α,β-unsaturated/α-hetero) is 4. The van der Waals surface area contributed by atoms with Crippen molar-refractivity contribution in [3.63, 3.8) is 0 Å². The molecule has 58 heavy (non-hydrogen) atoms. The minimum atomic E-state index is -0.643. The van der Waals surface area contributed by atoms with Crippen molar-refractivity contribution >= 4 is 46.8 Å². The first-order chi connectivity index (χ1) is 28.2. The van der Waals surface area contributed by atoms with Crippen molar-refractivity contribution in [1.29, 1.82) is 0 Å². The number of unbranched alkanes of at least 4 members (excludes halogenated alkanes) is 10. The zero-order chi connectivity index (χ0) is 42.1. The van der Waals surface area contributed by atoms with E-state index in [9.17, 15) is 28.8 Å². The molecule has 2 heterocycles. The molecule has 334 valence electrons. The quantitative estimate of drug-likeness (QED) is 0.0404. The van der Waals surface area contributed by atoms with Gasteiger partial charge in [-0.2, -0.15) is 11.8 Å². The van der Waals surface area contributed by atoms with E-state index in [0.29, 0.717) is 127 Å². The van der Waals surface area contributed by atoms with Gasteiger partial charge in [-0.1, -0.05) is 58.8 Å². The summed E-state index contributed by atoms with van der Waals surface area (Å²) in [7, 11) is 0. The predicted octanol–water partition coefficient (Wildman–Crippen LogP) is 8.15. The molecule has 0 aromatic carbocycles. The van der Waals surface area contributed by atoms with Gasteiger partial charge in [-0.25, -0.2) is 4.79 Å². The van der Waals surface area contributed by atoms with Crippen LogP contribution in [0.4, 0.5) is 4.79 Å². The van der Waals surface area contributed by atoms with Gasteiger partial charge in [-0.05, 0) is 70.6 Å². The van der Waals surface area contributed by atoms with Crippen molar-refractivity contribution in [2.24, 2.45) is 0 Å². The van der Waals surface area contributed by atoms with E-state index >= 15 is 0 Å². The fourth-order valence-corrected chi connectivity index (χ4v) is 8.94. The molecule has 4 atom stereocenters. The van der Waals surface area contributed by atoms with Crippen molar-refractivity contribution < 1.29 is 43.0 Å². The minimum absolute atomic E-state index is 0.0350. The highest BCUT2D eigenvalue weighted by Crippen LogP contribution is 2.33. The Hall–Kier alpha value is -2.35. The van der Waals surface area contributed by atoms with E-state index in [1.54, 1.807) is 0 Å². The molecule has 3 amide bonds. The summed E-state index contributed by atoms with van der Waals surface area (Å²) < 4.78 is 16.9. The van der Waals surface area contributed by atoms with E-state index in [0.717, 1.165) is 89.2 Å². The van der Waals surface area contributed by atoms with Crippen LogP contribution in [0.2, 0.25) is 0 Å². The maximum Gasteiger partial charge on any atom is 0.315 e. The zero-order valence-corrected chi connectivity index (χ0v) is 37.0. The zero-order valence-electron chi connectivity index (χ0n) is 36.2. The number of ketones is 4. The Labute approximate surface area is 354 Å². The first-order valence-electron chi connectivity index (χ1n) is 23.0. The van der Waals surface area contributed by atoms with Crippen LogP contribution in [0.25, 0.3) is 0 Å². The van der Waals surface area contributed by atoms with Gasteiger partial charge in [0.2, 0.25) is 5.91 Å². The van der Waals surface area contributed by atoms with Crippen LogP contribution in [-0.2, 0) is 38.2 Å². The Morgan fingerprint density at radius 3 is 1.71 bits per heavy atom. The van der Waals surface area contributed by atoms with Gasteiger partial charge in [0, 0.05) is 75.6 Å². The number of ether oxygens (including phenoxy) is 3. The Balaban J connectivity index is 1.43. The number of urea groups is 1. The van der Waals surface area contributed by atoms with Gasteiger partial charge in [0.15, 0.2) is 5.78 Å². The average Bonchev–Trinajstić information content (AvgIpc) is 3.77. The monoisotopic (exact) mass is 838 g/mol. The average molecular weight is 838 g/mol. The normalized spacial score (nSPS) is 17.8. The topological polar surface area (TPSA) is 166 Å². The molecule has 3 N–H and O–H groups in total. The molecule has 12 nitrogen and oxygen atoms in total. The van der Waals surface area contributed by atoms with Crippen LogP contribution in [0.1, 0.15) is 181 Å². The standard InChI is InChI=1S/C45H79N3O9S/c1-3-5-7-10-20-36(49)21-11-8-9-12-26-43(53)46-39(28-27-38(51)19-6-4-2)41(52)24-16-18-30-56-32-34-57-33-31-55-29-17-15-23-37(50)22-13-14-25-42-44-40(35-58-42)47-45(54)48-44/h39-40,42,44H,3-35H2,1-2H3,(H,46,53)(H2,47,48,54)/t39-,40-,42-,44-/m0/s1. The first kappa shape index (κ1) is 51.8. The minimum Gasteiger partial charge on any atom is -0.379 e. The molecule has 0 radical (unpaired) electrons. The summed E-state index contributed by atoms with van der Waals surface area (Å²) in [4.78, 5) is 74.0. The Morgan fingerprint density at radius 1 is 0.586 bits per heavy atom. The second-order valence-corrected chi connectivity index (χ2v) is 17.5. The van der Waals surface area contributed by atoms with Gasteiger partial charge in [0.25, 0.3) is 0 Å². The molecule has 2 saturated heterocycles. The second kappa shape index (κ2) is 34.4. The van der Waals surface area contributed by atoms with Gasteiger partial charge >= 0.3 is 6.03 Å². The fourth-order valence-electron chi connectivity index (χ4n) is 7.40. The molecule has 0 aliphatic carbocycles. The highest BCUT2D eigenvalue weighted by molar-refractivity contribution is 8.00. The maximum atomic E-state index is 13.1. The van der Waals surface area contributed by atoms with Gasteiger partial charge in [0.05, 0.1) is 44.6 Å². The number of hydrogen-bond acceptors (Lipinski definition) is 10. The van der Waals surface area contributed by atoms with Crippen molar-refractivity contribution in [3.8, 4) is 0 Å². The smallest absolute Gasteiger partial charge is 0.315 e. The first-order valence-corrected chi connectivity index (χ1v) is 24.1. The fraction of sp³-hybridized carbons (Fsp3) is 0.867. The van der Waals surface area contributed by atoms with Gasteiger partial charge in [-0.15, -0.1) is 0 Å². The third-order valence-corrected chi connectivity index (χ3v) is 12.5. The number of nitrogens with one attached hydrogen (secondary N) is 3. The molecule has 0 aromatic heterocycles. The number of carbonyl (C=O) groups excluding carboxylic acids is 6. The molecule has 0 spiro atoms. The molecule has 2 rings (SSSR count). The van der Waals surface area contributed by atoms with Crippen molar-refractivity contribution in [3.05, 3.63) is 0 Å². The van der Waals surface area contributed by atoms with E-state index < -0.39 is 6.04 Å². The van der Waals surface area contributed by atoms with Crippen molar-refractivity contribution in [2.75, 3.05) is 45.4 Å². The molecule has 0 saturated carbocycles. The third kappa shape index (κ3) is 26.0. The highest BCUT2D eigenvalue weighted by atomic mass is 32.2. The maximum absolute atomic E-state index is 13.1. The predicted molar refractivity (Wildman–Crippen MR) is 231 cm³/mol. The van der Waals surface area contributed by atoms with Gasteiger partial charge < -0.3 is 30.2 Å². The van der Waals surface area contributed by atoms with E-state index in [1.807, 2.05) is 18.7 Å². The molecule has 2 aliphatic heterocycles. The lowest BCUT2D eigenvalue weighted by atomic mass is 9.98. The summed E-state index contributed by atoms with van der Waals surface area (Å²) in [6.45, 7) is 7.22. The molecule has 13 heteroatoms. The number of fused-ring (bicyclic) bond motifs is 1. The van der Waals surface area contributed by atoms with E-state index in [2.05, 4.69) is 22.9 Å². The summed E-state index contributed by atoms with van der Waals surface area (Å²) in [6.07, 6.45) is 19.9. The molecule has 0 aromatic rings. The van der Waals surface area contributed by atoms with E-state index in [4.69, 9.17) is 14.2 Å². The summed E-state index contributed by atoms with van der Waals surface area (Å²) in [6, 6.07) is -0.218. The van der Waals surface area contributed by atoms with Crippen LogP contribution in [-0.4, -0.2) is 104 Å². The number of thioether (sulfide) groups is 1. The van der Waals surface area contributed by atoms with Crippen LogP contribution in [0.5, 0.6) is 0 Å². The van der Waals surface area contributed by atoms with Gasteiger partial charge in [0.1, 0.15) is 17.3 Å². The highest BCUT2D eigenvalue weighted by Gasteiger charge is 2.42. The number of hydrogen-bond donors (Lipinski definition) is 3. The van der Waals surface area contributed by atoms with Crippen LogP contribution < -0.4 is 16.0 Å². The molecule has 0 unspecified atom stereocenters. The number of rotatable bonds is 41. The van der Waals surface area contributed by atoms with Crippen LogP contribution in [0, 0.1) is 0 Å². The van der Waals surface area contributed by atoms with Gasteiger partial charge in [-0.3, -0.25) is 24.0 Å². The van der Waals surface area contributed by atoms with Crippen molar-refractivity contribution in [2.45, 2.75) is 204 Å². The van der Waals surface area contributed by atoms with Crippen molar-refractivity contribution in [1.82, 2.24) is 16.0 Å². The van der Waals surface area contributed by atoms with Crippen LogP contribution >= 0.6 is 11.8 Å². The lowest BCUT2D eigenvalue weighted by molar-refractivity contribution is -0.128. The SMILES string of the molecule is CCCCCCC(=O)CCCCCCC(=O)N[C@@H](CCC(=O)CCCC)C(=O)CCCCOCCOCCOCCCCC(=O)CCCC[C@@H]1SC[C@@H]2NC(=O)N[C@@H]21. The summed E-state index contributed by atoms with van der Waals surface area (Å²) in [5.74, 6) is 1.57. The lowest BCUT2D eigenvalue weighted by Gasteiger charge is -2.18. The third-order valence-electron chi connectivity index (χ3n) is 11.0. The summed E-state index contributed by atoms with van der Waals surface area (Å²) in [5, 5.41) is 9.36. The van der Waals surface area contributed by atoms with Crippen LogP contribution in [0.15, 0.2) is 0 Å². The molecular weight excluding hydrogens is 759 g/mol.